The van der Waals surface area contributed by atoms with Crippen molar-refractivity contribution in [2.45, 2.75) is 24.9 Å². The molecule has 0 aromatic rings. The monoisotopic (exact) mass is 294 g/mol. The fraction of sp³-hybridized carbons (Fsp3) is 0.875. The molecule has 0 radical (unpaired) electrons. The zero-order valence-corrected chi connectivity index (χ0v) is 10.2. The van der Waals surface area contributed by atoms with Crippen molar-refractivity contribution < 1.29 is 26.9 Å². The summed E-state index contributed by atoms with van der Waals surface area (Å²) in [4.78, 5) is 13.1. The third-order valence-corrected chi connectivity index (χ3v) is 2.58. The van der Waals surface area contributed by atoms with Gasteiger partial charge in [-0.2, -0.15) is 22.0 Å². The lowest BCUT2D eigenvalue weighted by atomic mass is 10.2. The average molecular weight is 294 g/mol. The molecule has 0 unspecified atom stereocenters. The Morgan fingerprint density at radius 2 is 1.89 bits per heavy atom. The maximum Gasteiger partial charge on any atom is 0.453 e. The lowest BCUT2D eigenvalue weighted by molar-refractivity contribution is -0.462. The third kappa shape index (κ3) is 6.12. The fourth-order valence-corrected chi connectivity index (χ4v) is 1.39. The van der Waals surface area contributed by atoms with Gasteiger partial charge in [0.25, 0.3) is 6.54 Å². The molecular formula is C8H11F5N2O2S. The van der Waals surface area contributed by atoms with Gasteiger partial charge in [0, 0.05) is 17.9 Å². The first-order chi connectivity index (χ1) is 8.10. The SMILES string of the molecule is CSC(C[N+](=O)[O-])=NCCCC(F)(F)C(F)(F)F. The Bertz CT molecular complexity index is 319. The molecule has 0 bridgehead atoms. The molecule has 0 saturated heterocycles. The molecular weight excluding hydrogens is 283 g/mol. The number of aliphatic imine (C=N–C) groups is 1. The van der Waals surface area contributed by atoms with Crippen LogP contribution in [0.25, 0.3) is 0 Å². The van der Waals surface area contributed by atoms with E-state index in [1.54, 1.807) is 0 Å². The van der Waals surface area contributed by atoms with Crippen LogP contribution in [-0.2, 0) is 0 Å². The summed E-state index contributed by atoms with van der Waals surface area (Å²) >= 11 is 0.960. The quantitative estimate of drug-likeness (QED) is 0.189. The van der Waals surface area contributed by atoms with E-state index in [4.69, 9.17) is 0 Å². The van der Waals surface area contributed by atoms with Crippen molar-refractivity contribution >= 4 is 16.8 Å². The molecule has 0 fully saturated rings. The van der Waals surface area contributed by atoms with E-state index in [0.717, 1.165) is 11.8 Å². The van der Waals surface area contributed by atoms with Gasteiger partial charge in [-0.25, -0.2) is 0 Å². The van der Waals surface area contributed by atoms with Crippen molar-refractivity contribution in [3.63, 3.8) is 0 Å². The Kier molecular flexibility index (Phi) is 6.50. The summed E-state index contributed by atoms with van der Waals surface area (Å²) in [5, 5.41) is 10.2. The molecule has 0 heterocycles. The van der Waals surface area contributed by atoms with Crippen molar-refractivity contribution in [1.29, 1.82) is 0 Å². The highest BCUT2D eigenvalue weighted by Crippen LogP contribution is 2.38. The van der Waals surface area contributed by atoms with Gasteiger partial charge in [0.2, 0.25) is 0 Å². The molecule has 0 saturated carbocycles. The van der Waals surface area contributed by atoms with Gasteiger partial charge in [0.1, 0.15) is 5.04 Å². The Morgan fingerprint density at radius 1 is 1.33 bits per heavy atom. The highest BCUT2D eigenvalue weighted by Gasteiger charge is 2.56. The zero-order chi connectivity index (χ0) is 14.4. The van der Waals surface area contributed by atoms with E-state index in [0.29, 0.717) is 0 Å². The summed E-state index contributed by atoms with van der Waals surface area (Å²) in [6, 6.07) is 0. The maximum absolute atomic E-state index is 12.5. The van der Waals surface area contributed by atoms with Crippen molar-refractivity contribution in [3.05, 3.63) is 10.1 Å². The summed E-state index contributed by atoms with van der Waals surface area (Å²) in [5.41, 5.74) is 0. The molecule has 0 rings (SSSR count). The number of nitrogens with zero attached hydrogens (tertiary/aromatic N) is 2. The van der Waals surface area contributed by atoms with Crippen molar-refractivity contribution in [3.8, 4) is 0 Å². The van der Waals surface area contributed by atoms with Crippen LogP contribution in [0.5, 0.6) is 0 Å². The second kappa shape index (κ2) is 6.86. The summed E-state index contributed by atoms with van der Waals surface area (Å²) in [5.74, 6) is -4.74. The Labute approximate surface area is 104 Å². The third-order valence-electron chi connectivity index (χ3n) is 1.85. The topological polar surface area (TPSA) is 55.5 Å². The van der Waals surface area contributed by atoms with E-state index < -0.39 is 36.4 Å². The van der Waals surface area contributed by atoms with E-state index in [1.807, 2.05) is 0 Å². The number of thioether (sulfide) groups is 1. The van der Waals surface area contributed by atoms with Gasteiger partial charge in [0.05, 0.1) is 0 Å². The van der Waals surface area contributed by atoms with Crippen LogP contribution in [0.15, 0.2) is 4.99 Å². The van der Waals surface area contributed by atoms with E-state index in [-0.39, 0.29) is 11.6 Å². The Hall–Kier alpha value is -0.930. The van der Waals surface area contributed by atoms with Gasteiger partial charge in [-0.05, 0) is 12.7 Å². The smallest absolute Gasteiger partial charge is 0.276 e. The van der Waals surface area contributed by atoms with Crippen LogP contribution < -0.4 is 0 Å². The van der Waals surface area contributed by atoms with Crippen LogP contribution >= 0.6 is 11.8 Å². The van der Waals surface area contributed by atoms with Crippen LogP contribution in [0.3, 0.4) is 0 Å². The molecule has 0 spiro atoms. The summed E-state index contributed by atoms with van der Waals surface area (Å²) in [6.45, 7) is -0.855. The van der Waals surface area contributed by atoms with Crippen molar-refractivity contribution in [1.82, 2.24) is 0 Å². The fourth-order valence-electron chi connectivity index (χ4n) is 0.936. The lowest BCUT2D eigenvalue weighted by Gasteiger charge is -2.18. The van der Waals surface area contributed by atoms with Crippen LogP contribution in [0.2, 0.25) is 0 Å². The highest BCUT2D eigenvalue weighted by molar-refractivity contribution is 8.13. The molecule has 0 atom stereocenters. The minimum Gasteiger partial charge on any atom is -0.276 e. The van der Waals surface area contributed by atoms with Gasteiger partial charge in [-0.1, -0.05) is 0 Å². The number of halogens is 5. The second-order valence-electron chi connectivity index (χ2n) is 3.28. The highest BCUT2D eigenvalue weighted by atomic mass is 32.2. The van der Waals surface area contributed by atoms with E-state index in [2.05, 4.69) is 4.99 Å². The number of hydrogen-bond donors (Lipinski definition) is 0. The van der Waals surface area contributed by atoms with Crippen LogP contribution in [0, 0.1) is 10.1 Å². The van der Waals surface area contributed by atoms with Gasteiger partial charge in [0.15, 0.2) is 0 Å². The zero-order valence-electron chi connectivity index (χ0n) is 9.34. The molecule has 10 heteroatoms. The van der Waals surface area contributed by atoms with Gasteiger partial charge in [-0.3, -0.25) is 15.1 Å². The van der Waals surface area contributed by atoms with E-state index in [9.17, 15) is 32.1 Å². The first kappa shape index (κ1) is 17.1. The predicted molar refractivity (Wildman–Crippen MR) is 57.9 cm³/mol. The lowest BCUT2D eigenvalue weighted by Crippen LogP contribution is -2.36. The number of rotatable bonds is 6. The van der Waals surface area contributed by atoms with E-state index >= 15 is 0 Å². The van der Waals surface area contributed by atoms with Crippen LogP contribution in [-0.4, -0.2) is 41.4 Å². The first-order valence-corrected chi connectivity index (χ1v) is 5.96. The molecule has 0 aliphatic rings. The van der Waals surface area contributed by atoms with Crippen molar-refractivity contribution in [2.24, 2.45) is 4.99 Å². The average Bonchev–Trinajstić information content (AvgIpc) is 2.20. The number of alkyl halides is 5. The number of hydrogen-bond acceptors (Lipinski definition) is 4. The van der Waals surface area contributed by atoms with Gasteiger partial charge >= 0.3 is 12.1 Å². The summed E-state index contributed by atoms with van der Waals surface area (Å²) in [7, 11) is 0. The largest absolute Gasteiger partial charge is 0.453 e. The van der Waals surface area contributed by atoms with Crippen LogP contribution in [0.4, 0.5) is 22.0 Å². The maximum atomic E-state index is 12.5. The molecule has 0 aliphatic carbocycles. The minimum absolute atomic E-state index is 0.0929. The molecule has 0 aliphatic heterocycles. The van der Waals surface area contributed by atoms with Crippen LogP contribution in [0.1, 0.15) is 12.8 Å². The molecule has 106 valence electrons. The standard InChI is InChI=1S/C8H11F5N2O2S/c1-18-6(5-15(16)17)14-4-2-3-7(9,10)8(11,12)13/h2-5H2,1H3. The Morgan fingerprint density at radius 3 is 2.28 bits per heavy atom. The molecule has 0 aromatic heterocycles. The first-order valence-electron chi connectivity index (χ1n) is 4.74. The summed E-state index contributed by atoms with van der Waals surface area (Å²) in [6.07, 6.45) is -5.93. The summed E-state index contributed by atoms with van der Waals surface area (Å²) < 4.78 is 60.3. The molecule has 0 amide bonds. The minimum atomic E-state index is -5.57. The molecule has 0 aromatic carbocycles. The Balaban J connectivity index is 4.19. The van der Waals surface area contributed by atoms with Gasteiger partial charge < -0.3 is 0 Å². The number of nitro groups is 1. The predicted octanol–water partition coefficient (Wildman–Crippen LogP) is 3.00. The van der Waals surface area contributed by atoms with E-state index in [1.165, 1.54) is 6.26 Å². The van der Waals surface area contributed by atoms with Crippen molar-refractivity contribution in [2.75, 3.05) is 19.3 Å². The van der Waals surface area contributed by atoms with Gasteiger partial charge in [-0.15, -0.1) is 11.8 Å². The molecule has 18 heavy (non-hydrogen) atoms. The second-order valence-corrected chi connectivity index (χ2v) is 4.16. The normalized spacial score (nSPS) is 13.8. The molecule has 0 N–H and O–H groups in total. The molecule has 4 nitrogen and oxygen atoms in total.